The van der Waals surface area contributed by atoms with Crippen molar-refractivity contribution < 1.29 is 4.42 Å². The van der Waals surface area contributed by atoms with Gasteiger partial charge in [-0.2, -0.15) is 4.98 Å². The van der Waals surface area contributed by atoms with Crippen LogP contribution >= 0.6 is 23.2 Å². The molecule has 0 saturated heterocycles. The molecule has 1 aromatic heterocycles. The van der Waals surface area contributed by atoms with E-state index in [9.17, 15) is 0 Å². The molecule has 0 radical (unpaired) electrons. The Hall–Kier alpha value is -0.930. The minimum atomic E-state index is 0.103. The van der Waals surface area contributed by atoms with Gasteiger partial charge in [-0.15, -0.1) is 0 Å². The van der Waals surface area contributed by atoms with Crippen molar-refractivity contribution >= 4 is 40.3 Å². The summed E-state index contributed by atoms with van der Waals surface area (Å²) >= 11 is 12.1. The Bertz CT molecular complexity index is 493. The van der Waals surface area contributed by atoms with Crippen molar-refractivity contribution in [3.05, 3.63) is 21.7 Å². The third kappa shape index (κ3) is 1.33. The van der Waals surface area contributed by atoms with Crippen LogP contribution in [-0.2, 0) is 6.42 Å². The van der Waals surface area contributed by atoms with E-state index in [0.29, 0.717) is 21.1 Å². The highest BCUT2D eigenvalue weighted by Crippen LogP contribution is 2.34. The first-order valence-electron chi connectivity index (χ1n) is 4.16. The SMILES string of the molecule is CCc1c(Cl)cc2nc(N)oc2c1Cl. The summed E-state index contributed by atoms with van der Waals surface area (Å²) in [5.41, 5.74) is 7.38. The van der Waals surface area contributed by atoms with Crippen LogP contribution in [0.2, 0.25) is 10.0 Å². The normalized spacial score (nSPS) is 11.1. The molecule has 0 aliphatic carbocycles. The minimum Gasteiger partial charge on any atom is -0.422 e. The Balaban J connectivity index is 2.84. The Labute approximate surface area is 90.8 Å². The molecule has 0 aliphatic heterocycles. The molecule has 0 amide bonds. The summed E-state index contributed by atoms with van der Waals surface area (Å²) in [4.78, 5) is 3.95. The fourth-order valence-electron chi connectivity index (χ4n) is 1.38. The largest absolute Gasteiger partial charge is 0.422 e. The summed E-state index contributed by atoms with van der Waals surface area (Å²) in [6.45, 7) is 1.97. The second-order valence-corrected chi connectivity index (χ2v) is 3.69. The lowest BCUT2D eigenvalue weighted by molar-refractivity contribution is 0.626. The third-order valence-corrected chi connectivity index (χ3v) is 2.78. The Morgan fingerprint density at radius 3 is 2.86 bits per heavy atom. The first-order chi connectivity index (χ1) is 6.63. The summed E-state index contributed by atoms with van der Waals surface area (Å²) in [5, 5.41) is 1.09. The highest BCUT2D eigenvalue weighted by molar-refractivity contribution is 6.39. The van der Waals surface area contributed by atoms with Gasteiger partial charge in [-0.1, -0.05) is 30.1 Å². The van der Waals surface area contributed by atoms with Crippen molar-refractivity contribution in [3.63, 3.8) is 0 Å². The number of hydrogen-bond acceptors (Lipinski definition) is 3. The lowest BCUT2D eigenvalue weighted by atomic mass is 10.1. The number of anilines is 1. The molecule has 0 saturated carbocycles. The van der Waals surface area contributed by atoms with Gasteiger partial charge in [-0.3, -0.25) is 0 Å². The van der Waals surface area contributed by atoms with E-state index in [1.807, 2.05) is 6.92 Å². The number of oxazole rings is 1. The summed E-state index contributed by atoms with van der Waals surface area (Å²) in [7, 11) is 0. The van der Waals surface area contributed by atoms with Gasteiger partial charge in [0.2, 0.25) is 0 Å². The smallest absolute Gasteiger partial charge is 0.293 e. The molecular formula is C9H8Cl2N2O. The van der Waals surface area contributed by atoms with Gasteiger partial charge in [-0.05, 0) is 18.1 Å². The van der Waals surface area contributed by atoms with E-state index in [1.165, 1.54) is 0 Å². The summed E-state index contributed by atoms with van der Waals surface area (Å²) in [6.07, 6.45) is 0.744. The lowest BCUT2D eigenvalue weighted by Crippen LogP contribution is -1.85. The fraction of sp³-hybridized carbons (Fsp3) is 0.222. The van der Waals surface area contributed by atoms with Crippen LogP contribution in [0.5, 0.6) is 0 Å². The second-order valence-electron chi connectivity index (χ2n) is 2.90. The van der Waals surface area contributed by atoms with Crippen molar-refractivity contribution in [2.24, 2.45) is 0 Å². The van der Waals surface area contributed by atoms with E-state index in [4.69, 9.17) is 33.4 Å². The number of hydrogen-bond donors (Lipinski definition) is 1. The van der Waals surface area contributed by atoms with E-state index in [-0.39, 0.29) is 6.01 Å². The maximum atomic E-state index is 6.09. The molecule has 2 rings (SSSR count). The molecule has 1 heterocycles. The number of fused-ring (bicyclic) bond motifs is 1. The van der Waals surface area contributed by atoms with Crippen molar-refractivity contribution in [1.82, 2.24) is 4.98 Å². The molecule has 1 aromatic carbocycles. The predicted molar refractivity (Wildman–Crippen MR) is 57.8 cm³/mol. The van der Waals surface area contributed by atoms with Gasteiger partial charge < -0.3 is 10.2 Å². The quantitative estimate of drug-likeness (QED) is 0.819. The first kappa shape index (κ1) is 9.62. The van der Waals surface area contributed by atoms with E-state index in [2.05, 4.69) is 4.98 Å². The summed E-state index contributed by atoms with van der Waals surface area (Å²) in [6, 6.07) is 1.81. The third-order valence-electron chi connectivity index (χ3n) is 2.04. The van der Waals surface area contributed by atoms with Crippen LogP contribution in [0.4, 0.5) is 6.01 Å². The van der Waals surface area contributed by atoms with Crippen LogP contribution in [0.3, 0.4) is 0 Å². The molecule has 2 N–H and O–H groups in total. The number of nitrogen functional groups attached to an aromatic ring is 1. The molecule has 0 fully saturated rings. The zero-order valence-electron chi connectivity index (χ0n) is 7.47. The van der Waals surface area contributed by atoms with Gasteiger partial charge in [0.1, 0.15) is 5.52 Å². The number of nitrogens with zero attached hydrogens (tertiary/aromatic N) is 1. The molecule has 0 unspecified atom stereocenters. The molecule has 14 heavy (non-hydrogen) atoms. The van der Waals surface area contributed by atoms with Crippen LogP contribution in [0, 0.1) is 0 Å². The Morgan fingerprint density at radius 2 is 2.21 bits per heavy atom. The molecule has 74 valence electrons. The van der Waals surface area contributed by atoms with Crippen LogP contribution in [0.1, 0.15) is 12.5 Å². The molecule has 0 bridgehead atoms. The van der Waals surface area contributed by atoms with Crippen LogP contribution in [0.15, 0.2) is 10.5 Å². The van der Waals surface area contributed by atoms with Gasteiger partial charge in [0, 0.05) is 5.02 Å². The number of aromatic nitrogens is 1. The van der Waals surface area contributed by atoms with E-state index in [1.54, 1.807) is 6.07 Å². The molecular weight excluding hydrogens is 223 g/mol. The average molecular weight is 231 g/mol. The van der Waals surface area contributed by atoms with E-state index >= 15 is 0 Å². The van der Waals surface area contributed by atoms with Crippen molar-refractivity contribution in [1.29, 1.82) is 0 Å². The zero-order valence-corrected chi connectivity index (χ0v) is 8.99. The first-order valence-corrected chi connectivity index (χ1v) is 4.92. The number of benzene rings is 1. The van der Waals surface area contributed by atoms with Gasteiger partial charge in [0.25, 0.3) is 6.01 Å². The highest BCUT2D eigenvalue weighted by atomic mass is 35.5. The Morgan fingerprint density at radius 1 is 1.50 bits per heavy atom. The number of halogens is 2. The van der Waals surface area contributed by atoms with Crippen molar-refractivity contribution in [3.8, 4) is 0 Å². The molecule has 0 atom stereocenters. The average Bonchev–Trinajstić information content (AvgIpc) is 2.47. The zero-order chi connectivity index (χ0) is 10.3. The Kier molecular flexibility index (Phi) is 2.29. The molecule has 5 heteroatoms. The summed E-state index contributed by atoms with van der Waals surface area (Å²) in [5.74, 6) is 0. The molecule has 3 nitrogen and oxygen atoms in total. The second kappa shape index (κ2) is 3.33. The minimum absolute atomic E-state index is 0.103. The molecule has 2 aromatic rings. The standard InChI is InChI=1S/C9H8Cl2N2O/c1-2-4-5(10)3-6-8(7(4)11)14-9(12)13-6/h3H,2H2,1H3,(H2,12,13). The van der Waals surface area contributed by atoms with E-state index < -0.39 is 0 Å². The number of nitrogens with two attached hydrogens (primary N) is 1. The van der Waals surface area contributed by atoms with E-state index in [0.717, 1.165) is 12.0 Å². The monoisotopic (exact) mass is 230 g/mol. The molecule has 0 spiro atoms. The van der Waals surface area contributed by atoms with Gasteiger partial charge >= 0.3 is 0 Å². The van der Waals surface area contributed by atoms with Gasteiger partial charge in [-0.25, -0.2) is 0 Å². The topological polar surface area (TPSA) is 52.0 Å². The van der Waals surface area contributed by atoms with Crippen LogP contribution in [0.25, 0.3) is 11.1 Å². The molecule has 0 aliphatic rings. The van der Waals surface area contributed by atoms with Crippen LogP contribution < -0.4 is 5.73 Å². The highest BCUT2D eigenvalue weighted by Gasteiger charge is 2.13. The van der Waals surface area contributed by atoms with Crippen molar-refractivity contribution in [2.45, 2.75) is 13.3 Å². The number of rotatable bonds is 1. The lowest BCUT2D eigenvalue weighted by Gasteiger charge is -2.02. The summed E-state index contributed by atoms with van der Waals surface area (Å²) < 4.78 is 5.17. The fourth-order valence-corrected chi connectivity index (χ4v) is 2.13. The maximum absolute atomic E-state index is 6.09. The van der Waals surface area contributed by atoms with Crippen molar-refractivity contribution in [2.75, 3.05) is 5.73 Å². The maximum Gasteiger partial charge on any atom is 0.293 e. The predicted octanol–water partition coefficient (Wildman–Crippen LogP) is 3.28. The van der Waals surface area contributed by atoms with Gasteiger partial charge in [0.15, 0.2) is 5.58 Å². The van der Waals surface area contributed by atoms with Crippen LogP contribution in [-0.4, -0.2) is 4.98 Å². The van der Waals surface area contributed by atoms with Gasteiger partial charge in [0.05, 0.1) is 5.02 Å².